The van der Waals surface area contributed by atoms with Gasteiger partial charge in [-0.05, 0) is 30.3 Å². The molecular formula is C24H20N2O4. The highest BCUT2D eigenvalue weighted by molar-refractivity contribution is 6.02. The van der Waals surface area contributed by atoms with Gasteiger partial charge in [-0.25, -0.2) is 4.57 Å². The molecule has 6 nitrogen and oxygen atoms in total. The monoisotopic (exact) mass is 400 g/mol. The topological polar surface area (TPSA) is 73.1 Å². The number of methoxy groups -OCH3 is 2. The fourth-order valence-corrected chi connectivity index (χ4v) is 3.40. The molecule has 1 aromatic heterocycles. The van der Waals surface area contributed by atoms with Crippen LogP contribution in [0.15, 0.2) is 82.6 Å². The van der Waals surface area contributed by atoms with Crippen molar-refractivity contribution in [3.8, 4) is 23.1 Å². The zero-order chi connectivity index (χ0) is 21.1. The Bertz CT molecular complexity index is 1310. The molecular weight excluding hydrogens is 380 g/mol. The molecule has 0 unspecified atom stereocenters. The molecule has 0 fully saturated rings. The van der Waals surface area contributed by atoms with Gasteiger partial charge < -0.3 is 14.6 Å². The number of rotatable bonds is 5. The number of hydrogen-bond acceptors (Lipinski definition) is 5. The Morgan fingerprint density at radius 1 is 0.833 bits per heavy atom. The minimum absolute atomic E-state index is 0.221. The molecule has 150 valence electrons. The van der Waals surface area contributed by atoms with Crippen molar-refractivity contribution in [2.24, 2.45) is 4.99 Å². The Kier molecular flexibility index (Phi) is 5.22. The van der Waals surface area contributed by atoms with Gasteiger partial charge in [-0.15, -0.1) is 0 Å². The number of benzene rings is 3. The van der Waals surface area contributed by atoms with Crippen LogP contribution in [0.25, 0.3) is 16.5 Å². The zero-order valence-electron chi connectivity index (χ0n) is 16.6. The van der Waals surface area contributed by atoms with Crippen molar-refractivity contribution in [3.05, 3.63) is 88.7 Å². The number of pyridine rings is 1. The molecule has 4 aromatic rings. The maximum atomic E-state index is 13.2. The molecule has 4 rings (SSSR count). The van der Waals surface area contributed by atoms with Crippen molar-refractivity contribution in [3.63, 3.8) is 0 Å². The van der Waals surface area contributed by atoms with Gasteiger partial charge in [0, 0.05) is 17.0 Å². The molecule has 0 bridgehead atoms. The Labute approximate surface area is 173 Å². The second kappa shape index (κ2) is 8.13. The van der Waals surface area contributed by atoms with E-state index in [0.29, 0.717) is 39.2 Å². The Hall–Kier alpha value is -4.06. The molecule has 0 aliphatic carbocycles. The van der Waals surface area contributed by atoms with Gasteiger partial charge in [0.1, 0.15) is 17.2 Å². The maximum Gasteiger partial charge on any atom is 0.265 e. The molecule has 0 aliphatic rings. The molecule has 0 saturated carbocycles. The van der Waals surface area contributed by atoms with Crippen LogP contribution in [-0.2, 0) is 0 Å². The SMILES string of the molecule is COc1ccccc1N=Cc1c(O)n(-c2ccccc2OC)c(=O)c2ccccc12. The second-order valence-corrected chi connectivity index (χ2v) is 6.53. The maximum absolute atomic E-state index is 13.2. The van der Waals surface area contributed by atoms with E-state index in [1.807, 2.05) is 24.3 Å². The molecule has 0 atom stereocenters. The van der Waals surface area contributed by atoms with Crippen molar-refractivity contribution in [1.29, 1.82) is 0 Å². The molecule has 0 saturated heterocycles. The summed E-state index contributed by atoms with van der Waals surface area (Å²) in [5.41, 5.74) is 1.13. The largest absolute Gasteiger partial charge is 0.495 e. The second-order valence-electron chi connectivity index (χ2n) is 6.53. The lowest BCUT2D eigenvalue weighted by Crippen LogP contribution is -2.20. The molecule has 30 heavy (non-hydrogen) atoms. The van der Waals surface area contributed by atoms with Crippen molar-refractivity contribution in [2.75, 3.05) is 14.2 Å². The Balaban J connectivity index is 2.00. The number of aliphatic imine (C=N–C) groups is 1. The van der Waals surface area contributed by atoms with Gasteiger partial charge in [-0.1, -0.05) is 42.5 Å². The lowest BCUT2D eigenvalue weighted by molar-refractivity contribution is 0.404. The van der Waals surface area contributed by atoms with E-state index in [1.165, 1.54) is 11.7 Å². The van der Waals surface area contributed by atoms with Gasteiger partial charge in [0.05, 0.1) is 25.5 Å². The number of nitrogens with zero attached hydrogens (tertiary/aromatic N) is 2. The third-order valence-electron chi connectivity index (χ3n) is 4.85. The molecule has 1 N–H and O–H groups in total. The minimum atomic E-state index is -0.345. The average Bonchev–Trinajstić information content (AvgIpc) is 2.79. The van der Waals surface area contributed by atoms with Crippen molar-refractivity contribution in [2.45, 2.75) is 0 Å². The quantitative estimate of drug-likeness (QED) is 0.502. The van der Waals surface area contributed by atoms with E-state index in [2.05, 4.69) is 4.99 Å². The highest BCUT2D eigenvalue weighted by atomic mass is 16.5. The standard InChI is InChI=1S/C24H20N2O4/c1-29-21-13-7-5-11-19(21)25-15-18-16-9-3-4-10-17(16)23(27)26(24(18)28)20-12-6-8-14-22(20)30-2/h3-15,28H,1-2H3. The fraction of sp³-hybridized carbons (Fsp3) is 0.0833. The van der Waals surface area contributed by atoms with E-state index in [1.54, 1.807) is 61.9 Å². The van der Waals surface area contributed by atoms with Crippen LogP contribution in [0, 0.1) is 0 Å². The van der Waals surface area contributed by atoms with Crippen LogP contribution in [-0.4, -0.2) is 30.1 Å². The van der Waals surface area contributed by atoms with Gasteiger partial charge >= 0.3 is 0 Å². The van der Waals surface area contributed by atoms with Gasteiger partial charge in [-0.3, -0.25) is 9.79 Å². The third kappa shape index (κ3) is 3.28. The summed E-state index contributed by atoms with van der Waals surface area (Å²) in [6.07, 6.45) is 1.54. The number of fused-ring (bicyclic) bond motifs is 1. The van der Waals surface area contributed by atoms with Crippen LogP contribution < -0.4 is 15.0 Å². The zero-order valence-corrected chi connectivity index (χ0v) is 16.6. The third-order valence-corrected chi connectivity index (χ3v) is 4.85. The molecule has 0 aliphatic heterocycles. The first-order valence-corrected chi connectivity index (χ1v) is 9.33. The lowest BCUT2D eigenvalue weighted by Gasteiger charge is -2.16. The number of ether oxygens (including phenoxy) is 2. The predicted molar refractivity (Wildman–Crippen MR) is 118 cm³/mol. The molecule has 0 radical (unpaired) electrons. The van der Waals surface area contributed by atoms with E-state index in [0.717, 1.165) is 0 Å². The van der Waals surface area contributed by atoms with Crippen molar-refractivity contribution in [1.82, 2.24) is 4.57 Å². The van der Waals surface area contributed by atoms with Gasteiger partial charge in [0.25, 0.3) is 5.56 Å². The van der Waals surface area contributed by atoms with Crippen LogP contribution >= 0.6 is 0 Å². The van der Waals surface area contributed by atoms with Gasteiger partial charge in [0.2, 0.25) is 5.88 Å². The Morgan fingerprint density at radius 2 is 1.43 bits per heavy atom. The number of para-hydroxylation sites is 4. The van der Waals surface area contributed by atoms with Crippen LogP contribution in [0.2, 0.25) is 0 Å². The molecule has 1 heterocycles. The van der Waals surface area contributed by atoms with Crippen LogP contribution in [0.4, 0.5) is 5.69 Å². The summed E-state index contributed by atoms with van der Waals surface area (Å²) in [7, 11) is 3.09. The summed E-state index contributed by atoms with van der Waals surface area (Å²) in [5, 5.41) is 12.2. The molecule has 0 amide bonds. The van der Waals surface area contributed by atoms with Gasteiger partial charge in [-0.2, -0.15) is 0 Å². The Morgan fingerprint density at radius 3 is 2.17 bits per heavy atom. The highest BCUT2D eigenvalue weighted by Gasteiger charge is 2.18. The summed E-state index contributed by atoms with van der Waals surface area (Å²) in [6.45, 7) is 0. The summed E-state index contributed by atoms with van der Waals surface area (Å²) in [4.78, 5) is 17.7. The molecule has 3 aromatic carbocycles. The van der Waals surface area contributed by atoms with Crippen molar-refractivity contribution < 1.29 is 14.6 Å². The summed E-state index contributed by atoms with van der Waals surface area (Å²) >= 11 is 0. The summed E-state index contributed by atoms with van der Waals surface area (Å²) in [5.74, 6) is 0.857. The minimum Gasteiger partial charge on any atom is -0.495 e. The first-order chi connectivity index (χ1) is 14.7. The summed E-state index contributed by atoms with van der Waals surface area (Å²) < 4.78 is 12.0. The predicted octanol–water partition coefficient (Wildman–Crippen LogP) is 4.46. The first-order valence-electron chi connectivity index (χ1n) is 9.33. The normalized spacial score (nSPS) is 11.1. The van der Waals surface area contributed by atoms with Crippen LogP contribution in [0.1, 0.15) is 5.56 Å². The number of hydrogen-bond donors (Lipinski definition) is 1. The van der Waals surface area contributed by atoms with E-state index >= 15 is 0 Å². The van der Waals surface area contributed by atoms with Crippen molar-refractivity contribution >= 4 is 22.7 Å². The van der Waals surface area contributed by atoms with E-state index in [-0.39, 0.29) is 11.4 Å². The summed E-state index contributed by atoms with van der Waals surface area (Å²) in [6, 6.07) is 21.5. The van der Waals surface area contributed by atoms with E-state index < -0.39 is 0 Å². The van der Waals surface area contributed by atoms with Gasteiger partial charge in [0.15, 0.2) is 0 Å². The van der Waals surface area contributed by atoms with E-state index in [4.69, 9.17) is 9.47 Å². The lowest BCUT2D eigenvalue weighted by atomic mass is 10.1. The first kappa shape index (κ1) is 19.3. The fourth-order valence-electron chi connectivity index (χ4n) is 3.40. The number of aromatic nitrogens is 1. The van der Waals surface area contributed by atoms with Crippen LogP contribution in [0.3, 0.4) is 0 Å². The van der Waals surface area contributed by atoms with E-state index in [9.17, 15) is 9.90 Å². The average molecular weight is 400 g/mol. The number of aromatic hydroxyl groups is 1. The van der Waals surface area contributed by atoms with Crippen LogP contribution in [0.5, 0.6) is 17.4 Å². The molecule has 0 spiro atoms. The smallest absolute Gasteiger partial charge is 0.265 e. The molecule has 6 heteroatoms. The highest BCUT2D eigenvalue weighted by Crippen LogP contribution is 2.31.